The van der Waals surface area contributed by atoms with Gasteiger partial charge in [0.25, 0.3) is 0 Å². The monoisotopic (exact) mass is 314 g/mol. The molecule has 0 fully saturated rings. The molecular formula is C14H22N2O4S. The molecule has 6 nitrogen and oxygen atoms in total. The number of sulfonamides is 1. The first-order valence-corrected chi connectivity index (χ1v) is 8.07. The number of carbonyl (C=O) groups is 1. The maximum Gasteiger partial charge on any atom is 0.306 e. The van der Waals surface area contributed by atoms with Crippen molar-refractivity contribution in [3.05, 3.63) is 29.8 Å². The number of rotatable bonds is 7. The van der Waals surface area contributed by atoms with Gasteiger partial charge in [-0.2, -0.15) is 0 Å². The second kappa shape index (κ2) is 7.53. The van der Waals surface area contributed by atoms with E-state index in [1.54, 1.807) is 18.2 Å². The largest absolute Gasteiger partial charge is 0.469 e. The molecule has 0 spiro atoms. The van der Waals surface area contributed by atoms with Crippen molar-refractivity contribution in [2.75, 3.05) is 27.7 Å². The van der Waals surface area contributed by atoms with Gasteiger partial charge < -0.3 is 10.1 Å². The first kappa shape index (κ1) is 17.6. The van der Waals surface area contributed by atoms with Gasteiger partial charge in [0.15, 0.2) is 0 Å². The lowest BCUT2D eigenvalue weighted by atomic mass is 10.1. The Kier molecular flexibility index (Phi) is 6.32. The molecule has 1 N–H and O–H groups in total. The van der Waals surface area contributed by atoms with Gasteiger partial charge in [-0.3, -0.25) is 4.79 Å². The van der Waals surface area contributed by atoms with Crippen LogP contribution < -0.4 is 5.32 Å². The van der Waals surface area contributed by atoms with Gasteiger partial charge in [0.05, 0.1) is 18.4 Å². The van der Waals surface area contributed by atoms with Crippen LogP contribution in [0.5, 0.6) is 0 Å². The zero-order chi connectivity index (χ0) is 16.0. The van der Waals surface area contributed by atoms with Crippen LogP contribution in [-0.2, 0) is 19.6 Å². The first-order valence-electron chi connectivity index (χ1n) is 6.63. The van der Waals surface area contributed by atoms with Gasteiger partial charge >= 0.3 is 5.97 Å². The summed E-state index contributed by atoms with van der Waals surface area (Å²) in [6.07, 6.45) is 0.0266. The zero-order valence-electron chi connectivity index (χ0n) is 12.8. The highest BCUT2D eigenvalue weighted by Crippen LogP contribution is 2.20. The minimum absolute atomic E-state index is 0.0266. The van der Waals surface area contributed by atoms with Gasteiger partial charge in [-0.05, 0) is 31.7 Å². The fourth-order valence-corrected chi connectivity index (χ4v) is 2.99. The predicted octanol–water partition coefficient (Wildman–Crippen LogP) is 1.15. The number of benzene rings is 1. The number of hydrogen-bond donors (Lipinski definition) is 1. The Balaban J connectivity index is 2.94. The number of hydrogen-bond acceptors (Lipinski definition) is 5. The Bertz CT molecular complexity index is 586. The highest BCUT2D eigenvalue weighted by Gasteiger charge is 2.22. The van der Waals surface area contributed by atoms with E-state index in [0.717, 1.165) is 9.87 Å². The average molecular weight is 314 g/mol. The lowest BCUT2D eigenvalue weighted by Crippen LogP contribution is -2.29. The van der Waals surface area contributed by atoms with Crippen LogP contribution in [0.1, 0.15) is 24.9 Å². The Labute approximate surface area is 126 Å². The van der Waals surface area contributed by atoms with Gasteiger partial charge in [0.2, 0.25) is 10.0 Å². The molecule has 0 aliphatic heterocycles. The normalized spacial score (nSPS) is 13.2. The minimum atomic E-state index is -3.61. The van der Waals surface area contributed by atoms with Crippen molar-refractivity contribution in [2.45, 2.75) is 24.3 Å². The van der Waals surface area contributed by atoms with Crippen LogP contribution in [0, 0.1) is 0 Å². The number of carbonyl (C=O) groups excluding carboxylic acids is 1. The van der Waals surface area contributed by atoms with Gasteiger partial charge in [-0.25, -0.2) is 12.7 Å². The number of nitrogens with zero attached hydrogens (tertiary/aromatic N) is 1. The van der Waals surface area contributed by atoms with Crippen molar-refractivity contribution < 1.29 is 17.9 Å². The zero-order valence-corrected chi connectivity index (χ0v) is 13.6. The van der Waals surface area contributed by atoms with Crippen LogP contribution in [0.2, 0.25) is 0 Å². The summed E-state index contributed by atoms with van der Waals surface area (Å²) in [5.41, 5.74) is 0.889. The molecule has 0 heterocycles. The van der Waals surface area contributed by atoms with E-state index in [1.165, 1.54) is 14.2 Å². The van der Waals surface area contributed by atoms with Crippen LogP contribution in [0.15, 0.2) is 29.2 Å². The number of methoxy groups -OCH3 is 1. The summed E-state index contributed by atoms with van der Waals surface area (Å²) in [6, 6.07) is 6.83. The van der Waals surface area contributed by atoms with Crippen molar-refractivity contribution in [3.63, 3.8) is 0 Å². The van der Waals surface area contributed by atoms with E-state index in [4.69, 9.17) is 0 Å². The molecule has 1 unspecified atom stereocenters. The molecule has 0 saturated carbocycles. The maximum atomic E-state index is 12.4. The van der Waals surface area contributed by atoms with Crippen LogP contribution in [0.3, 0.4) is 0 Å². The quantitative estimate of drug-likeness (QED) is 0.764. The average Bonchev–Trinajstić information content (AvgIpc) is 2.51. The molecule has 1 atom stereocenters. The second-order valence-corrected chi connectivity index (χ2v) is 6.78. The fraction of sp³-hybridized carbons (Fsp3) is 0.500. The van der Waals surface area contributed by atoms with E-state index in [-0.39, 0.29) is 23.9 Å². The molecule has 0 aliphatic carbocycles. The summed E-state index contributed by atoms with van der Waals surface area (Å²) in [5, 5.41) is 3.07. The molecule has 0 radical (unpaired) electrons. The maximum absolute atomic E-state index is 12.4. The standard InChI is InChI=1S/C14H22N2O4S/c1-11(15-2)12-6-5-7-13(10-12)21(18,19)16(3)9-8-14(17)20-4/h5-7,10-11,15H,8-9H2,1-4H3. The Morgan fingerprint density at radius 2 is 2.10 bits per heavy atom. The molecule has 0 saturated heterocycles. The summed E-state index contributed by atoms with van der Waals surface area (Å²) in [4.78, 5) is 11.3. The SMILES string of the molecule is CNC(C)c1cccc(S(=O)(=O)N(C)CCC(=O)OC)c1. The van der Waals surface area contributed by atoms with Crippen molar-refractivity contribution in [1.82, 2.24) is 9.62 Å². The molecule has 118 valence electrons. The van der Waals surface area contributed by atoms with Crippen LogP contribution in [0.4, 0.5) is 0 Å². The fourth-order valence-electron chi connectivity index (χ4n) is 1.76. The smallest absolute Gasteiger partial charge is 0.306 e. The third kappa shape index (κ3) is 4.52. The van der Waals surface area contributed by atoms with Crippen LogP contribution in [-0.4, -0.2) is 46.4 Å². The molecule has 0 amide bonds. The number of ether oxygens (including phenoxy) is 1. The van der Waals surface area contributed by atoms with E-state index >= 15 is 0 Å². The van der Waals surface area contributed by atoms with Crippen molar-refractivity contribution >= 4 is 16.0 Å². The van der Waals surface area contributed by atoms with Crippen molar-refractivity contribution in [3.8, 4) is 0 Å². The van der Waals surface area contributed by atoms with E-state index in [1.807, 2.05) is 20.0 Å². The van der Waals surface area contributed by atoms with Crippen LogP contribution >= 0.6 is 0 Å². The lowest BCUT2D eigenvalue weighted by molar-refractivity contribution is -0.140. The van der Waals surface area contributed by atoms with Crippen molar-refractivity contribution in [2.24, 2.45) is 0 Å². The molecule has 0 bridgehead atoms. The molecule has 7 heteroatoms. The second-order valence-electron chi connectivity index (χ2n) is 4.74. The molecule has 1 aromatic carbocycles. The van der Waals surface area contributed by atoms with Gasteiger partial charge in [0.1, 0.15) is 0 Å². The minimum Gasteiger partial charge on any atom is -0.469 e. The Hall–Kier alpha value is -1.44. The summed E-state index contributed by atoms with van der Waals surface area (Å²) in [6.45, 7) is 2.04. The first-order chi connectivity index (χ1) is 9.82. The summed E-state index contributed by atoms with van der Waals surface area (Å²) < 4.78 is 30.6. The van der Waals surface area contributed by atoms with Gasteiger partial charge in [-0.1, -0.05) is 12.1 Å². The molecule has 1 rings (SSSR count). The number of nitrogens with one attached hydrogen (secondary N) is 1. The van der Waals surface area contributed by atoms with E-state index in [9.17, 15) is 13.2 Å². The third-order valence-electron chi connectivity index (χ3n) is 3.36. The predicted molar refractivity (Wildman–Crippen MR) is 80.4 cm³/mol. The van der Waals surface area contributed by atoms with E-state index in [2.05, 4.69) is 10.1 Å². The highest BCUT2D eigenvalue weighted by atomic mass is 32.2. The summed E-state index contributed by atoms with van der Waals surface area (Å²) in [5.74, 6) is -0.436. The van der Waals surface area contributed by atoms with E-state index < -0.39 is 16.0 Å². The molecule has 21 heavy (non-hydrogen) atoms. The Morgan fingerprint density at radius 3 is 2.67 bits per heavy atom. The topological polar surface area (TPSA) is 75.7 Å². The van der Waals surface area contributed by atoms with E-state index in [0.29, 0.717) is 0 Å². The highest BCUT2D eigenvalue weighted by molar-refractivity contribution is 7.89. The lowest BCUT2D eigenvalue weighted by Gasteiger charge is -2.18. The third-order valence-corrected chi connectivity index (χ3v) is 5.21. The van der Waals surface area contributed by atoms with Gasteiger partial charge in [-0.15, -0.1) is 0 Å². The summed E-state index contributed by atoms with van der Waals surface area (Å²) >= 11 is 0. The molecule has 0 aromatic heterocycles. The molecule has 1 aromatic rings. The van der Waals surface area contributed by atoms with Crippen molar-refractivity contribution in [1.29, 1.82) is 0 Å². The summed E-state index contributed by atoms with van der Waals surface area (Å²) in [7, 11) is 0.933. The molecule has 0 aliphatic rings. The molecular weight excluding hydrogens is 292 g/mol. The van der Waals surface area contributed by atoms with Crippen LogP contribution in [0.25, 0.3) is 0 Å². The number of esters is 1. The van der Waals surface area contributed by atoms with Gasteiger partial charge in [0, 0.05) is 19.6 Å². The Morgan fingerprint density at radius 1 is 1.43 bits per heavy atom.